The van der Waals surface area contributed by atoms with Crippen molar-refractivity contribution >= 4 is 5.69 Å². The molecule has 0 bridgehead atoms. The van der Waals surface area contributed by atoms with Gasteiger partial charge in [-0.3, -0.25) is 0 Å². The molecule has 0 unspecified atom stereocenters. The topological polar surface area (TPSA) is 23.5 Å². The zero-order chi connectivity index (χ0) is 12.7. The predicted molar refractivity (Wildman–Crippen MR) is 74.3 cm³/mol. The highest BCUT2D eigenvalue weighted by molar-refractivity contribution is 5.55. The molecule has 0 amide bonds. The minimum Gasteiger partial charge on any atom is -0.388 e. The highest BCUT2D eigenvalue weighted by Crippen LogP contribution is 2.28. The number of hydrogen-bond donors (Lipinski definition) is 1. The molecular weight excluding hydrogens is 210 g/mol. The van der Waals surface area contributed by atoms with Gasteiger partial charge < -0.3 is 10.0 Å². The number of aliphatic hydroxyl groups excluding tert-OH is 1. The van der Waals surface area contributed by atoms with Crippen LogP contribution in [0.25, 0.3) is 0 Å². The average Bonchev–Trinajstić information content (AvgIpc) is 2.37. The number of hydrogen-bond acceptors (Lipinski definition) is 2. The molecule has 1 N–H and O–H groups in total. The van der Waals surface area contributed by atoms with E-state index in [1.54, 1.807) is 0 Å². The van der Waals surface area contributed by atoms with Crippen molar-refractivity contribution in [1.82, 2.24) is 0 Å². The van der Waals surface area contributed by atoms with Crippen molar-refractivity contribution in [3.05, 3.63) is 55.1 Å². The van der Waals surface area contributed by atoms with Gasteiger partial charge in [0.25, 0.3) is 0 Å². The van der Waals surface area contributed by atoms with Crippen LogP contribution < -0.4 is 4.90 Å². The number of aliphatic hydroxyl groups is 1. The molecule has 2 heteroatoms. The molecule has 0 aromatic heterocycles. The van der Waals surface area contributed by atoms with Crippen molar-refractivity contribution in [2.24, 2.45) is 0 Å². The summed E-state index contributed by atoms with van der Waals surface area (Å²) in [6.07, 6.45) is 4.02. The fraction of sp³-hybridized carbons (Fsp3) is 0.333. The smallest absolute Gasteiger partial charge is 0.0807 e. The van der Waals surface area contributed by atoms with E-state index in [-0.39, 0.29) is 0 Å². The highest BCUT2D eigenvalue weighted by Gasteiger charge is 2.13. The van der Waals surface area contributed by atoms with Gasteiger partial charge in [-0.05, 0) is 12.5 Å². The Balaban J connectivity index is 3.07. The van der Waals surface area contributed by atoms with Crippen molar-refractivity contribution in [3.8, 4) is 0 Å². The van der Waals surface area contributed by atoms with Gasteiger partial charge in [0.15, 0.2) is 0 Å². The number of anilines is 1. The summed E-state index contributed by atoms with van der Waals surface area (Å²) in [4.78, 5) is 2.15. The van der Waals surface area contributed by atoms with Crippen LogP contribution in [0.5, 0.6) is 0 Å². The molecule has 0 spiro atoms. The molecule has 17 heavy (non-hydrogen) atoms. The predicted octanol–water partition coefficient (Wildman–Crippen LogP) is 3.31. The second kappa shape index (κ2) is 6.92. The van der Waals surface area contributed by atoms with E-state index >= 15 is 0 Å². The van der Waals surface area contributed by atoms with E-state index in [1.807, 2.05) is 43.3 Å². The molecule has 92 valence electrons. The summed E-state index contributed by atoms with van der Waals surface area (Å²) < 4.78 is 0. The molecule has 0 radical (unpaired) electrons. The molecule has 1 aromatic rings. The van der Waals surface area contributed by atoms with Crippen molar-refractivity contribution in [2.75, 3.05) is 18.0 Å². The van der Waals surface area contributed by atoms with Gasteiger partial charge in [-0.25, -0.2) is 0 Å². The van der Waals surface area contributed by atoms with Gasteiger partial charge in [-0.2, -0.15) is 0 Å². The van der Waals surface area contributed by atoms with E-state index in [9.17, 15) is 5.11 Å². The first-order valence-electron chi connectivity index (χ1n) is 5.98. The maximum Gasteiger partial charge on any atom is 0.0807 e. The summed E-state index contributed by atoms with van der Waals surface area (Å²) in [6.45, 7) is 11.0. The fourth-order valence-electron chi connectivity index (χ4n) is 1.86. The molecule has 2 nitrogen and oxygen atoms in total. The van der Waals surface area contributed by atoms with Crippen LogP contribution in [0.4, 0.5) is 5.69 Å². The van der Waals surface area contributed by atoms with Crippen LogP contribution >= 0.6 is 0 Å². The largest absolute Gasteiger partial charge is 0.388 e. The Kier molecular flexibility index (Phi) is 5.50. The molecule has 0 aliphatic heterocycles. The van der Waals surface area contributed by atoms with Crippen LogP contribution in [0.2, 0.25) is 0 Å². The van der Waals surface area contributed by atoms with E-state index in [0.29, 0.717) is 6.42 Å². The van der Waals surface area contributed by atoms with Gasteiger partial charge in [-0.1, -0.05) is 37.3 Å². The lowest BCUT2D eigenvalue weighted by molar-refractivity contribution is 0.174. The normalized spacial score (nSPS) is 11.9. The Bertz CT molecular complexity index is 363. The second-order valence-corrected chi connectivity index (χ2v) is 3.97. The zero-order valence-corrected chi connectivity index (χ0v) is 10.5. The van der Waals surface area contributed by atoms with E-state index in [0.717, 1.165) is 24.3 Å². The Morgan fingerprint density at radius 3 is 2.35 bits per heavy atom. The van der Waals surface area contributed by atoms with Gasteiger partial charge in [0, 0.05) is 24.3 Å². The minimum atomic E-state index is -0.414. The van der Waals surface area contributed by atoms with Crippen LogP contribution in [0, 0.1) is 0 Å². The first-order chi connectivity index (χ1) is 8.24. The van der Waals surface area contributed by atoms with Crippen LogP contribution in [0.15, 0.2) is 49.6 Å². The van der Waals surface area contributed by atoms with Gasteiger partial charge in [0.05, 0.1) is 6.10 Å². The lowest BCUT2D eigenvalue weighted by Crippen LogP contribution is -2.24. The summed E-state index contributed by atoms with van der Waals surface area (Å²) in [5.41, 5.74) is 2.03. The maximum absolute atomic E-state index is 10.0. The molecule has 0 saturated heterocycles. The third-order valence-electron chi connectivity index (χ3n) is 2.72. The Hall–Kier alpha value is -1.54. The van der Waals surface area contributed by atoms with Crippen molar-refractivity contribution in [3.63, 3.8) is 0 Å². The van der Waals surface area contributed by atoms with Gasteiger partial charge >= 0.3 is 0 Å². The molecule has 1 aromatic carbocycles. The fourth-order valence-corrected chi connectivity index (χ4v) is 1.86. The monoisotopic (exact) mass is 231 g/mol. The Morgan fingerprint density at radius 1 is 1.24 bits per heavy atom. The summed E-state index contributed by atoms with van der Waals surface area (Å²) in [7, 11) is 0. The lowest BCUT2D eigenvalue weighted by atomic mass is 10.0. The third-order valence-corrected chi connectivity index (χ3v) is 2.72. The molecule has 0 fully saturated rings. The molecule has 0 aliphatic carbocycles. The molecule has 0 aliphatic rings. The van der Waals surface area contributed by atoms with E-state index in [2.05, 4.69) is 18.1 Å². The standard InChI is InChI=1S/C15H21NO/c1-4-11-16(12-5-2)14-10-8-7-9-13(14)15(17)6-3/h4-5,7-10,15,17H,1-2,6,11-12H2,3H3/t15-/m0/s1. The third kappa shape index (κ3) is 3.46. The molecule has 0 saturated carbocycles. The minimum absolute atomic E-state index is 0.414. The van der Waals surface area contributed by atoms with Gasteiger partial charge in [0.1, 0.15) is 0 Å². The Labute approximate surface area is 104 Å². The number of benzene rings is 1. The highest BCUT2D eigenvalue weighted by atomic mass is 16.3. The molecule has 1 atom stereocenters. The van der Waals surface area contributed by atoms with Crippen molar-refractivity contribution in [1.29, 1.82) is 0 Å². The SMILES string of the molecule is C=CCN(CC=C)c1ccccc1[C@@H](O)CC. The van der Waals surface area contributed by atoms with Crippen LogP contribution in [-0.2, 0) is 0 Å². The molecule has 1 rings (SSSR count). The van der Waals surface area contributed by atoms with Crippen LogP contribution in [0.1, 0.15) is 25.0 Å². The van der Waals surface area contributed by atoms with E-state index in [1.165, 1.54) is 0 Å². The van der Waals surface area contributed by atoms with Crippen LogP contribution in [0.3, 0.4) is 0 Å². The second-order valence-electron chi connectivity index (χ2n) is 3.97. The first kappa shape index (κ1) is 13.5. The van der Waals surface area contributed by atoms with Crippen molar-refractivity contribution < 1.29 is 5.11 Å². The van der Waals surface area contributed by atoms with Gasteiger partial charge in [0.2, 0.25) is 0 Å². The molecular formula is C15H21NO. The molecule has 0 heterocycles. The van der Waals surface area contributed by atoms with Gasteiger partial charge in [-0.15, -0.1) is 13.2 Å². The number of para-hydroxylation sites is 1. The average molecular weight is 231 g/mol. The zero-order valence-electron chi connectivity index (χ0n) is 10.5. The lowest BCUT2D eigenvalue weighted by Gasteiger charge is -2.26. The van der Waals surface area contributed by atoms with Crippen molar-refractivity contribution in [2.45, 2.75) is 19.4 Å². The van der Waals surface area contributed by atoms with E-state index in [4.69, 9.17) is 0 Å². The summed E-state index contributed by atoms with van der Waals surface area (Å²) in [5.74, 6) is 0. The Morgan fingerprint density at radius 2 is 1.82 bits per heavy atom. The first-order valence-corrected chi connectivity index (χ1v) is 5.98. The number of nitrogens with zero attached hydrogens (tertiary/aromatic N) is 1. The van der Waals surface area contributed by atoms with E-state index < -0.39 is 6.10 Å². The summed E-state index contributed by atoms with van der Waals surface area (Å²) >= 11 is 0. The van der Waals surface area contributed by atoms with Crippen LogP contribution in [-0.4, -0.2) is 18.2 Å². The number of rotatable bonds is 7. The summed E-state index contributed by atoms with van der Waals surface area (Å²) in [5, 5.41) is 10.0. The quantitative estimate of drug-likeness (QED) is 0.728. The maximum atomic E-state index is 10.0. The summed E-state index contributed by atoms with van der Waals surface area (Å²) in [6, 6.07) is 7.95.